The van der Waals surface area contributed by atoms with Crippen molar-refractivity contribution in [2.45, 2.75) is 33.7 Å². The molecule has 0 heterocycles. The molecule has 0 saturated heterocycles. The van der Waals surface area contributed by atoms with Gasteiger partial charge >= 0.3 is 0 Å². The lowest BCUT2D eigenvalue weighted by atomic mass is 10.1. The molecule has 31 heavy (non-hydrogen) atoms. The van der Waals surface area contributed by atoms with E-state index in [2.05, 4.69) is 16.0 Å². The van der Waals surface area contributed by atoms with Crippen LogP contribution in [0.5, 0.6) is 0 Å². The van der Waals surface area contributed by atoms with Crippen LogP contribution < -0.4 is 20.9 Å². The average molecular weight is 426 g/mol. The average Bonchev–Trinajstić information content (AvgIpc) is 2.72. The van der Waals surface area contributed by atoms with Gasteiger partial charge in [0.15, 0.2) is 18.4 Å². The number of benzene rings is 2. The Bertz CT molecular complexity index is 956. The number of quaternary nitrogens is 1. The molecule has 4 N–H and O–H groups in total. The third kappa shape index (κ3) is 7.35. The summed E-state index contributed by atoms with van der Waals surface area (Å²) in [6.07, 6.45) is 0. The van der Waals surface area contributed by atoms with Gasteiger partial charge < -0.3 is 20.9 Å². The second-order valence-electron chi connectivity index (χ2n) is 7.34. The molecular weight excluding hydrogens is 396 g/mol. The van der Waals surface area contributed by atoms with Gasteiger partial charge in [0.05, 0.1) is 6.54 Å². The number of hydrogen-bond acceptors (Lipinski definition) is 4. The molecule has 164 valence electrons. The van der Waals surface area contributed by atoms with Crippen molar-refractivity contribution in [3.05, 3.63) is 54.1 Å². The van der Waals surface area contributed by atoms with E-state index in [1.54, 1.807) is 55.5 Å². The maximum Gasteiger partial charge on any atom is 0.282 e. The van der Waals surface area contributed by atoms with Crippen LogP contribution in [0, 0.1) is 0 Å². The molecule has 1 unspecified atom stereocenters. The number of rotatable bonds is 9. The number of carbonyl (C=O) groups excluding carboxylic acids is 4. The summed E-state index contributed by atoms with van der Waals surface area (Å²) in [7, 11) is 0. The molecule has 0 saturated carbocycles. The van der Waals surface area contributed by atoms with Crippen molar-refractivity contribution >= 4 is 40.6 Å². The first kappa shape index (κ1) is 23.8. The molecule has 2 aromatic rings. The second-order valence-corrected chi connectivity index (χ2v) is 7.34. The lowest BCUT2D eigenvalue weighted by Gasteiger charge is -2.23. The fourth-order valence-electron chi connectivity index (χ4n) is 3.09. The molecule has 0 aliphatic heterocycles. The van der Waals surface area contributed by atoms with Crippen molar-refractivity contribution in [3.8, 4) is 0 Å². The van der Waals surface area contributed by atoms with Gasteiger partial charge in [-0.05, 0) is 57.2 Å². The molecule has 2 aromatic carbocycles. The predicted octanol–water partition coefficient (Wildman–Crippen LogP) is 1.72. The normalized spacial score (nSPS) is 12.4. The SMILES string of the molecule is CC[NH+](CC(=O)Nc1ccc(NC(C)=O)cc1)[C@H](C)C(=O)Nc1cccc(C(C)=O)c1. The zero-order valence-corrected chi connectivity index (χ0v) is 18.2. The summed E-state index contributed by atoms with van der Waals surface area (Å²) in [6.45, 7) is 7.26. The minimum Gasteiger partial charge on any atom is -0.326 e. The van der Waals surface area contributed by atoms with E-state index in [0.29, 0.717) is 29.2 Å². The quantitative estimate of drug-likeness (QED) is 0.459. The molecule has 0 fully saturated rings. The number of amides is 3. The number of hydrogen-bond donors (Lipinski definition) is 4. The van der Waals surface area contributed by atoms with Gasteiger partial charge in [-0.25, -0.2) is 0 Å². The molecule has 0 spiro atoms. The summed E-state index contributed by atoms with van der Waals surface area (Å²) in [5.74, 6) is -0.696. The molecule has 0 aliphatic rings. The van der Waals surface area contributed by atoms with Crippen LogP contribution in [-0.4, -0.2) is 42.6 Å². The van der Waals surface area contributed by atoms with Crippen LogP contribution in [0.25, 0.3) is 0 Å². The Hall–Kier alpha value is -3.52. The molecule has 0 bridgehead atoms. The van der Waals surface area contributed by atoms with E-state index in [1.807, 2.05) is 6.92 Å². The molecule has 0 radical (unpaired) electrons. The zero-order chi connectivity index (χ0) is 23.0. The lowest BCUT2D eigenvalue weighted by Crippen LogP contribution is -3.17. The summed E-state index contributed by atoms with van der Waals surface area (Å²) in [4.78, 5) is 48.6. The first-order valence-electron chi connectivity index (χ1n) is 10.1. The van der Waals surface area contributed by atoms with Crippen LogP contribution in [-0.2, 0) is 14.4 Å². The van der Waals surface area contributed by atoms with Crippen LogP contribution in [0.1, 0.15) is 38.1 Å². The Labute approximate surface area is 182 Å². The molecule has 0 aromatic heterocycles. The zero-order valence-electron chi connectivity index (χ0n) is 18.2. The van der Waals surface area contributed by atoms with Crippen LogP contribution in [0.3, 0.4) is 0 Å². The van der Waals surface area contributed by atoms with Gasteiger partial charge in [0.25, 0.3) is 11.8 Å². The number of likely N-dealkylation sites (N-methyl/N-ethyl adjacent to an activating group) is 1. The molecular formula is C23H29N4O4+. The summed E-state index contributed by atoms with van der Waals surface area (Å²) in [6, 6.07) is 13.1. The minimum absolute atomic E-state index is 0.0771. The molecule has 2 rings (SSSR count). The third-order valence-corrected chi connectivity index (χ3v) is 4.87. The van der Waals surface area contributed by atoms with Gasteiger partial charge in [0.2, 0.25) is 5.91 Å². The Morgan fingerprint density at radius 3 is 2.03 bits per heavy atom. The van der Waals surface area contributed by atoms with E-state index in [0.717, 1.165) is 4.90 Å². The summed E-state index contributed by atoms with van der Waals surface area (Å²) in [5, 5.41) is 8.29. The van der Waals surface area contributed by atoms with Crippen molar-refractivity contribution in [2.75, 3.05) is 29.0 Å². The summed E-state index contributed by atoms with van der Waals surface area (Å²) in [5.41, 5.74) is 2.32. The predicted molar refractivity (Wildman–Crippen MR) is 120 cm³/mol. The van der Waals surface area contributed by atoms with Crippen LogP contribution >= 0.6 is 0 Å². The molecule has 8 nitrogen and oxygen atoms in total. The highest BCUT2D eigenvalue weighted by Crippen LogP contribution is 2.13. The van der Waals surface area contributed by atoms with Crippen molar-refractivity contribution < 1.29 is 24.1 Å². The Morgan fingerprint density at radius 2 is 1.48 bits per heavy atom. The van der Waals surface area contributed by atoms with Crippen LogP contribution in [0.15, 0.2) is 48.5 Å². The number of carbonyl (C=O) groups is 4. The first-order valence-corrected chi connectivity index (χ1v) is 10.1. The smallest absolute Gasteiger partial charge is 0.282 e. The van der Waals surface area contributed by atoms with Crippen molar-refractivity contribution in [1.82, 2.24) is 0 Å². The van der Waals surface area contributed by atoms with Crippen molar-refractivity contribution in [1.29, 1.82) is 0 Å². The van der Waals surface area contributed by atoms with Crippen LogP contribution in [0.4, 0.5) is 17.1 Å². The highest BCUT2D eigenvalue weighted by Gasteiger charge is 2.26. The topological polar surface area (TPSA) is 109 Å². The van der Waals surface area contributed by atoms with Gasteiger partial charge in [-0.1, -0.05) is 12.1 Å². The van der Waals surface area contributed by atoms with E-state index >= 15 is 0 Å². The third-order valence-electron chi connectivity index (χ3n) is 4.87. The van der Waals surface area contributed by atoms with E-state index in [1.165, 1.54) is 13.8 Å². The minimum atomic E-state index is -0.473. The Morgan fingerprint density at radius 1 is 0.871 bits per heavy atom. The van der Waals surface area contributed by atoms with E-state index in [9.17, 15) is 19.2 Å². The van der Waals surface area contributed by atoms with E-state index < -0.39 is 6.04 Å². The fraction of sp³-hybridized carbons (Fsp3) is 0.304. The largest absolute Gasteiger partial charge is 0.326 e. The fourth-order valence-corrected chi connectivity index (χ4v) is 3.09. The maximum absolute atomic E-state index is 12.7. The number of anilines is 3. The molecule has 2 atom stereocenters. The lowest BCUT2D eigenvalue weighted by molar-refractivity contribution is -0.904. The standard InChI is InChI=1S/C23H28N4O4/c1-5-27(14-22(30)25-20-11-9-19(10-12-20)24-17(4)29)15(2)23(31)26-21-8-6-7-18(13-21)16(3)28/h6-13,15H,5,14H2,1-4H3,(H,24,29)(H,25,30)(H,26,31)/p+1/t15-/m1/s1. The second kappa shape index (κ2) is 11.0. The van der Waals surface area contributed by atoms with Gasteiger partial charge in [0, 0.05) is 29.5 Å². The van der Waals surface area contributed by atoms with Crippen LogP contribution in [0.2, 0.25) is 0 Å². The molecule has 3 amide bonds. The highest BCUT2D eigenvalue weighted by molar-refractivity contribution is 5.98. The molecule has 8 heteroatoms. The Balaban J connectivity index is 1.95. The Kier molecular flexibility index (Phi) is 8.45. The summed E-state index contributed by atoms with van der Waals surface area (Å²) < 4.78 is 0. The van der Waals surface area contributed by atoms with E-state index in [4.69, 9.17) is 0 Å². The number of nitrogens with one attached hydrogen (secondary N) is 4. The van der Waals surface area contributed by atoms with Gasteiger partial charge in [-0.2, -0.15) is 0 Å². The monoisotopic (exact) mass is 425 g/mol. The molecule has 0 aliphatic carbocycles. The highest BCUT2D eigenvalue weighted by atomic mass is 16.2. The summed E-state index contributed by atoms with van der Waals surface area (Å²) >= 11 is 0. The van der Waals surface area contributed by atoms with Gasteiger partial charge in [-0.3, -0.25) is 19.2 Å². The maximum atomic E-state index is 12.7. The van der Waals surface area contributed by atoms with Gasteiger partial charge in [-0.15, -0.1) is 0 Å². The number of ketones is 1. The number of Topliss-reactive ketones (excluding diaryl/α,β-unsaturated/α-hetero) is 1. The van der Waals surface area contributed by atoms with Crippen molar-refractivity contribution in [3.63, 3.8) is 0 Å². The van der Waals surface area contributed by atoms with Crippen molar-refractivity contribution in [2.24, 2.45) is 0 Å². The first-order chi connectivity index (χ1) is 14.7. The van der Waals surface area contributed by atoms with Gasteiger partial charge in [0.1, 0.15) is 0 Å². The van der Waals surface area contributed by atoms with E-state index in [-0.39, 0.29) is 30.0 Å².